The van der Waals surface area contributed by atoms with Crippen LogP contribution >= 0.6 is 11.6 Å². The van der Waals surface area contributed by atoms with Gasteiger partial charge >= 0.3 is 0 Å². The highest BCUT2D eigenvalue weighted by atomic mass is 35.5. The van der Waals surface area contributed by atoms with Crippen LogP contribution in [0.2, 0.25) is 5.02 Å². The van der Waals surface area contributed by atoms with Gasteiger partial charge in [-0.3, -0.25) is 9.59 Å². The number of nitrogens with one attached hydrogen (secondary N) is 1. The minimum Gasteiger partial charge on any atom is -0.369 e. The van der Waals surface area contributed by atoms with E-state index in [2.05, 4.69) is 4.98 Å². The Bertz CT molecular complexity index is 448. The summed E-state index contributed by atoms with van der Waals surface area (Å²) in [5, 5.41) is 0.310. The van der Waals surface area contributed by atoms with E-state index < -0.39 is 11.3 Å². The van der Waals surface area contributed by atoms with E-state index in [1.165, 1.54) is 6.20 Å². The van der Waals surface area contributed by atoms with Crippen molar-refractivity contribution in [3.05, 3.63) is 33.2 Å². The number of aromatic nitrogens is 1. The Morgan fingerprint density at radius 2 is 2.21 bits per heavy atom. The van der Waals surface area contributed by atoms with E-state index in [1.807, 2.05) is 0 Å². The highest BCUT2D eigenvalue weighted by Gasteiger charge is 2.52. The van der Waals surface area contributed by atoms with Crippen molar-refractivity contribution in [1.29, 1.82) is 0 Å². The summed E-state index contributed by atoms with van der Waals surface area (Å²) < 4.78 is 0. The fourth-order valence-corrected chi connectivity index (χ4v) is 1.97. The molecule has 74 valence electrons. The van der Waals surface area contributed by atoms with Crippen LogP contribution in [0.5, 0.6) is 0 Å². The first-order valence-corrected chi connectivity index (χ1v) is 4.63. The van der Waals surface area contributed by atoms with Gasteiger partial charge in [0.15, 0.2) is 0 Å². The number of hydrogen-bond acceptors (Lipinski definition) is 2. The molecule has 1 aliphatic rings. The van der Waals surface area contributed by atoms with E-state index >= 15 is 0 Å². The number of hydrogen-bond donors (Lipinski definition) is 2. The van der Waals surface area contributed by atoms with Crippen LogP contribution in [0, 0.1) is 0 Å². The second kappa shape index (κ2) is 2.85. The lowest BCUT2D eigenvalue weighted by molar-refractivity contribution is -0.120. The molecule has 4 nitrogen and oxygen atoms in total. The number of nitrogens with two attached hydrogens (primary N) is 1. The molecule has 0 unspecified atom stereocenters. The smallest absolute Gasteiger partial charge is 0.253 e. The van der Waals surface area contributed by atoms with Crippen LogP contribution in [0.15, 0.2) is 17.1 Å². The molecule has 0 saturated heterocycles. The second-order valence-corrected chi connectivity index (χ2v) is 3.88. The van der Waals surface area contributed by atoms with Gasteiger partial charge in [0.05, 0.1) is 16.0 Å². The van der Waals surface area contributed by atoms with Crippen molar-refractivity contribution in [3.63, 3.8) is 0 Å². The average Bonchev–Trinajstić information content (AvgIpc) is 2.85. The minimum atomic E-state index is -0.814. The zero-order chi connectivity index (χ0) is 10.3. The van der Waals surface area contributed by atoms with Gasteiger partial charge in [0.1, 0.15) is 0 Å². The third-order valence-electron chi connectivity index (χ3n) is 2.61. The molecule has 0 bridgehead atoms. The van der Waals surface area contributed by atoms with Crippen LogP contribution < -0.4 is 11.3 Å². The number of primary amides is 1. The Morgan fingerprint density at radius 1 is 1.57 bits per heavy atom. The van der Waals surface area contributed by atoms with Crippen LogP contribution in [-0.2, 0) is 10.2 Å². The lowest BCUT2D eigenvalue weighted by Crippen LogP contribution is -2.33. The number of H-pyrrole nitrogens is 1. The first kappa shape index (κ1) is 9.27. The van der Waals surface area contributed by atoms with Gasteiger partial charge in [-0.15, -0.1) is 0 Å². The zero-order valence-electron chi connectivity index (χ0n) is 7.34. The standard InChI is InChI=1S/C9H9ClN2O2/c10-5-1-4-12-7(13)6(5)9(2-3-9)8(11)14/h1,4H,2-3H2,(H2,11,14)(H,12,13). The van der Waals surface area contributed by atoms with Gasteiger partial charge in [-0.05, 0) is 18.9 Å². The number of halogens is 1. The number of carbonyl (C=O) groups is 1. The molecule has 0 radical (unpaired) electrons. The van der Waals surface area contributed by atoms with Crippen molar-refractivity contribution in [2.75, 3.05) is 0 Å². The van der Waals surface area contributed by atoms with E-state index in [9.17, 15) is 9.59 Å². The molecule has 1 aromatic heterocycles. The summed E-state index contributed by atoms with van der Waals surface area (Å²) in [6, 6.07) is 1.56. The van der Waals surface area contributed by atoms with E-state index in [0.717, 1.165) is 0 Å². The maximum atomic E-state index is 11.5. The fourth-order valence-electron chi connectivity index (χ4n) is 1.64. The first-order valence-electron chi connectivity index (χ1n) is 4.25. The van der Waals surface area contributed by atoms with Gasteiger partial charge in [-0.25, -0.2) is 0 Å². The molecule has 1 heterocycles. The van der Waals surface area contributed by atoms with Crippen LogP contribution in [0.4, 0.5) is 0 Å². The third kappa shape index (κ3) is 1.14. The van der Waals surface area contributed by atoms with Crippen LogP contribution in [-0.4, -0.2) is 10.9 Å². The van der Waals surface area contributed by atoms with Gasteiger partial charge in [0, 0.05) is 6.20 Å². The predicted molar refractivity (Wildman–Crippen MR) is 52.2 cm³/mol. The largest absolute Gasteiger partial charge is 0.369 e. The molecule has 2 rings (SSSR count). The maximum Gasteiger partial charge on any atom is 0.253 e. The van der Waals surface area contributed by atoms with E-state index in [-0.39, 0.29) is 5.56 Å². The van der Waals surface area contributed by atoms with Gasteiger partial charge in [0.2, 0.25) is 5.91 Å². The van der Waals surface area contributed by atoms with Crippen LogP contribution in [0.3, 0.4) is 0 Å². The fraction of sp³-hybridized carbons (Fsp3) is 0.333. The van der Waals surface area contributed by atoms with Crippen molar-refractivity contribution in [2.24, 2.45) is 5.73 Å². The van der Waals surface area contributed by atoms with Crippen molar-refractivity contribution in [2.45, 2.75) is 18.3 Å². The van der Waals surface area contributed by atoms with E-state index in [4.69, 9.17) is 17.3 Å². The molecule has 0 aromatic carbocycles. The zero-order valence-corrected chi connectivity index (χ0v) is 8.10. The van der Waals surface area contributed by atoms with E-state index in [0.29, 0.717) is 23.4 Å². The van der Waals surface area contributed by atoms with Gasteiger partial charge < -0.3 is 10.7 Å². The van der Waals surface area contributed by atoms with Gasteiger partial charge in [0.25, 0.3) is 5.56 Å². The summed E-state index contributed by atoms with van der Waals surface area (Å²) in [5.74, 6) is -0.476. The van der Waals surface area contributed by atoms with Gasteiger partial charge in [-0.2, -0.15) is 0 Å². The number of amides is 1. The predicted octanol–water partition coefficient (Wildman–Crippen LogP) is 0.545. The topological polar surface area (TPSA) is 76.0 Å². The highest BCUT2D eigenvalue weighted by molar-refractivity contribution is 6.31. The summed E-state index contributed by atoms with van der Waals surface area (Å²) in [6.45, 7) is 0. The molecule has 1 amide bonds. The summed E-state index contributed by atoms with van der Waals surface area (Å²) in [4.78, 5) is 25.2. The molecule has 1 fully saturated rings. The Hall–Kier alpha value is -1.29. The monoisotopic (exact) mass is 212 g/mol. The Balaban J connectivity index is 2.63. The molecular formula is C9H9ClN2O2. The van der Waals surface area contributed by atoms with Crippen molar-refractivity contribution < 1.29 is 4.79 Å². The van der Waals surface area contributed by atoms with Crippen molar-refractivity contribution >= 4 is 17.5 Å². The lowest BCUT2D eigenvalue weighted by atomic mass is 9.97. The molecule has 3 N–H and O–H groups in total. The third-order valence-corrected chi connectivity index (χ3v) is 2.93. The van der Waals surface area contributed by atoms with Gasteiger partial charge in [-0.1, -0.05) is 11.6 Å². The Labute approximate surface area is 85.1 Å². The summed E-state index contributed by atoms with van der Waals surface area (Å²) in [6.07, 6.45) is 2.66. The number of pyridine rings is 1. The lowest BCUT2D eigenvalue weighted by Gasteiger charge is -2.10. The number of rotatable bonds is 2. The quantitative estimate of drug-likeness (QED) is 0.751. The van der Waals surface area contributed by atoms with Crippen LogP contribution in [0.25, 0.3) is 0 Å². The van der Waals surface area contributed by atoms with E-state index in [1.54, 1.807) is 6.07 Å². The molecule has 0 atom stereocenters. The maximum absolute atomic E-state index is 11.5. The minimum absolute atomic E-state index is 0.310. The number of aromatic amines is 1. The Morgan fingerprint density at radius 3 is 2.64 bits per heavy atom. The van der Waals surface area contributed by atoms with Crippen LogP contribution in [0.1, 0.15) is 18.4 Å². The second-order valence-electron chi connectivity index (χ2n) is 3.48. The number of carbonyl (C=O) groups excluding carboxylic acids is 1. The molecule has 0 spiro atoms. The molecule has 0 aliphatic heterocycles. The normalized spacial score (nSPS) is 17.8. The Kier molecular flexibility index (Phi) is 1.89. The molecule has 1 aliphatic carbocycles. The van der Waals surface area contributed by atoms with Crippen molar-refractivity contribution in [1.82, 2.24) is 4.98 Å². The summed E-state index contributed by atoms with van der Waals surface area (Å²) >= 11 is 5.87. The average molecular weight is 213 g/mol. The summed E-state index contributed by atoms with van der Waals surface area (Å²) in [5.41, 5.74) is 4.43. The molecule has 1 aromatic rings. The molecule has 1 saturated carbocycles. The van der Waals surface area contributed by atoms with Crippen molar-refractivity contribution in [3.8, 4) is 0 Å². The molecule has 14 heavy (non-hydrogen) atoms. The SMILES string of the molecule is NC(=O)C1(c2c(Cl)cc[nH]c2=O)CC1. The highest BCUT2D eigenvalue weighted by Crippen LogP contribution is 2.48. The molecule has 5 heteroatoms. The summed E-state index contributed by atoms with van der Waals surface area (Å²) in [7, 11) is 0. The molecular weight excluding hydrogens is 204 g/mol. The first-order chi connectivity index (χ1) is 6.58.